The Bertz CT molecular complexity index is 574. The molecule has 0 heterocycles. The fourth-order valence-corrected chi connectivity index (χ4v) is 2.79. The zero-order chi connectivity index (χ0) is 14.6. The molecular formula is C11H15ClN2O4S. The van der Waals surface area contributed by atoms with Gasteiger partial charge in [0.15, 0.2) is 0 Å². The van der Waals surface area contributed by atoms with E-state index >= 15 is 0 Å². The van der Waals surface area contributed by atoms with Crippen molar-refractivity contribution >= 4 is 27.6 Å². The summed E-state index contributed by atoms with van der Waals surface area (Å²) in [5, 5.41) is 11.8. The van der Waals surface area contributed by atoms with Gasteiger partial charge in [0.25, 0.3) is 0 Å². The molecule has 106 valence electrons. The number of hydrogen-bond acceptors (Lipinski definition) is 4. The van der Waals surface area contributed by atoms with Gasteiger partial charge < -0.3 is 10.4 Å². The Balaban J connectivity index is 3.15. The van der Waals surface area contributed by atoms with E-state index < -0.39 is 16.0 Å². The monoisotopic (exact) mass is 306 g/mol. The molecule has 0 radical (unpaired) electrons. The molecule has 1 aromatic carbocycles. The Kier molecular flexibility index (Phi) is 5.30. The standard InChI is InChI=1S/C11H15ClN2O4S/c1-13-5-6-14(2)19(17,18)8-3-4-10(12)9(7-8)11(15)16/h3-4,7,13H,5-6H2,1-2H3,(H,15,16). The summed E-state index contributed by atoms with van der Waals surface area (Å²) in [5.74, 6) is -1.26. The lowest BCUT2D eigenvalue weighted by Crippen LogP contribution is -2.32. The zero-order valence-corrected chi connectivity index (χ0v) is 12.1. The summed E-state index contributed by atoms with van der Waals surface area (Å²) in [4.78, 5) is 10.9. The Morgan fingerprint density at radius 2 is 2.11 bits per heavy atom. The number of carboxylic acids is 1. The molecule has 8 heteroatoms. The molecule has 1 aromatic rings. The number of carbonyl (C=O) groups is 1. The fraction of sp³-hybridized carbons (Fsp3) is 0.364. The first-order valence-electron chi connectivity index (χ1n) is 5.44. The van der Waals surface area contributed by atoms with Crippen LogP contribution in [0.5, 0.6) is 0 Å². The number of carboxylic acid groups (broad SMARTS) is 1. The Labute approximate surface area is 117 Å². The van der Waals surface area contributed by atoms with Crippen LogP contribution in [-0.4, -0.2) is 51.0 Å². The summed E-state index contributed by atoms with van der Waals surface area (Å²) in [7, 11) is -0.567. The topological polar surface area (TPSA) is 86.7 Å². The van der Waals surface area contributed by atoms with Gasteiger partial charge in [0.2, 0.25) is 10.0 Å². The van der Waals surface area contributed by atoms with Crippen molar-refractivity contribution in [1.82, 2.24) is 9.62 Å². The molecule has 0 atom stereocenters. The SMILES string of the molecule is CNCCN(C)S(=O)(=O)c1ccc(Cl)c(C(=O)O)c1. The third-order valence-electron chi connectivity index (χ3n) is 2.55. The molecule has 0 spiro atoms. The van der Waals surface area contributed by atoms with Gasteiger partial charge in [-0.1, -0.05) is 11.6 Å². The molecule has 0 aliphatic carbocycles. The average molecular weight is 307 g/mol. The summed E-state index contributed by atoms with van der Waals surface area (Å²) in [6.45, 7) is 0.777. The first kappa shape index (κ1) is 15.9. The highest BCUT2D eigenvalue weighted by Gasteiger charge is 2.22. The van der Waals surface area contributed by atoms with Crippen molar-refractivity contribution in [2.45, 2.75) is 4.90 Å². The summed E-state index contributed by atoms with van der Waals surface area (Å²) in [6.07, 6.45) is 0. The van der Waals surface area contributed by atoms with Crippen LogP contribution in [0.4, 0.5) is 0 Å². The number of aromatic carboxylic acids is 1. The number of hydrogen-bond donors (Lipinski definition) is 2. The largest absolute Gasteiger partial charge is 0.478 e. The molecule has 6 nitrogen and oxygen atoms in total. The maximum Gasteiger partial charge on any atom is 0.337 e. The summed E-state index contributed by atoms with van der Waals surface area (Å²) < 4.78 is 25.5. The number of likely N-dealkylation sites (N-methyl/N-ethyl adjacent to an activating group) is 2. The smallest absolute Gasteiger partial charge is 0.337 e. The molecule has 0 bridgehead atoms. The molecule has 0 aliphatic heterocycles. The van der Waals surface area contributed by atoms with Gasteiger partial charge in [-0.2, -0.15) is 4.31 Å². The van der Waals surface area contributed by atoms with Crippen LogP contribution in [0.1, 0.15) is 10.4 Å². The molecule has 0 saturated carbocycles. The van der Waals surface area contributed by atoms with E-state index in [2.05, 4.69) is 5.32 Å². The molecule has 0 aromatic heterocycles. The van der Waals surface area contributed by atoms with Crippen LogP contribution in [0.15, 0.2) is 23.1 Å². The molecule has 0 aliphatic rings. The number of nitrogens with zero attached hydrogens (tertiary/aromatic N) is 1. The van der Waals surface area contributed by atoms with Crippen LogP contribution >= 0.6 is 11.6 Å². The number of sulfonamides is 1. The Morgan fingerprint density at radius 3 is 2.63 bits per heavy atom. The van der Waals surface area contributed by atoms with Gasteiger partial charge >= 0.3 is 5.97 Å². The molecule has 1 rings (SSSR count). The van der Waals surface area contributed by atoms with Crippen LogP contribution < -0.4 is 5.32 Å². The third kappa shape index (κ3) is 3.66. The molecule has 19 heavy (non-hydrogen) atoms. The second-order valence-electron chi connectivity index (χ2n) is 3.88. The summed E-state index contributed by atoms with van der Waals surface area (Å²) >= 11 is 5.71. The van der Waals surface area contributed by atoms with Gasteiger partial charge in [-0.05, 0) is 25.2 Å². The van der Waals surface area contributed by atoms with Gasteiger partial charge in [0, 0.05) is 20.1 Å². The van der Waals surface area contributed by atoms with Crippen molar-refractivity contribution in [3.05, 3.63) is 28.8 Å². The van der Waals surface area contributed by atoms with Gasteiger partial charge in [-0.15, -0.1) is 0 Å². The van der Waals surface area contributed by atoms with E-state index in [1.807, 2.05) is 0 Å². The second-order valence-corrected chi connectivity index (χ2v) is 6.33. The van der Waals surface area contributed by atoms with Crippen LogP contribution in [-0.2, 0) is 10.0 Å². The summed E-state index contributed by atoms with van der Waals surface area (Å²) in [6, 6.07) is 3.62. The maximum atomic E-state index is 12.2. The number of benzene rings is 1. The maximum absolute atomic E-state index is 12.2. The normalized spacial score (nSPS) is 11.8. The van der Waals surface area contributed by atoms with Gasteiger partial charge in [0.1, 0.15) is 0 Å². The lowest BCUT2D eigenvalue weighted by atomic mass is 10.2. The van der Waals surface area contributed by atoms with Crippen molar-refractivity contribution in [3.63, 3.8) is 0 Å². The quantitative estimate of drug-likeness (QED) is 0.814. The van der Waals surface area contributed by atoms with Crippen molar-refractivity contribution < 1.29 is 18.3 Å². The van der Waals surface area contributed by atoms with E-state index in [1.54, 1.807) is 7.05 Å². The predicted molar refractivity (Wildman–Crippen MR) is 72.2 cm³/mol. The minimum absolute atomic E-state index is 0.00401. The zero-order valence-electron chi connectivity index (χ0n) is 10.6. The highest BCUT2D eigenvalue weighted by molar-refractivity contribution is 7.89. The van der Waals surface area contributed by atoms with E-state index in [0.717, 1.165) is 10.4 Å². The second kappa shape index (κ2) is 6.33. The first-order valence-corrected chi connectivity index (χ1v) is 7.26. The van der Waals surface area contributed by atoms with Crippen molar-refractivity contribution in [3.8, 4) is 0 Å². The van der Waals surface area contributed by atoms with Crippen LogP contribution in [0.3, 0.4) is 0 Å². The molecule has 0 unspecified atom stereocenters. The highest BCUT2D eigenvalue weighted by atomic mass is 35.5. The minimum atomic E-state index is -3.71. The first-order chi connectivity index (χ1) is 8.80. The van der Waals surface area contributed by atoms with E-state index in [0.29, 0.717) is 6.54 Å². The third-order valence-corrected chi connectivity index (χ3v) is 4.74. The van der Waals surface area contributed by atoms with Crippen molar-refractivity contribution in [2.24, 2.45) is 0 Å². The number of rotatable bonds is 6. The van der Waals surface area contributed by atoms with Gasteiger partial charge in [-0.3, -0.25) is 0 Å². The van der Waals surface area contributed by atoms with Crippen LogP contribution in [0.25, 0.3) is 0 Å². The predicted octanol–water partition coefficient (Wildman–Crippen LogP) is 0.878. The number of halogens is 1. The summed E-state index contributed by atoms with van der Waals surface area (Å²) in [5.41, 5.74) is -0.232. The lowest BCUT2D eigenvalue weighted by Gasteiger charge is -2.17. The van der Waals surface area contributed by atoms with Gasteiger partial charge in [-0.25, -0.2) is 13.2 Å². The van der Waals surface area contributed by atoms with E-state index in [-0.39, 0.29) is 22.0 Å². The van der Waals surface area contributed by atoms with E-state index in [1.165, 1.54) is 19.2 Å². The van der Waals surface area contributed by atoms with Crippen LogP contribution in [0, 0.1) is 0 Å². The van der Waals surface area contributed by atoms with Crippen molar-refractivity contribution in [1.29, 1.82) is 0 Å². The average Bonchev–Trinajstić information content (AvgIpc) is 2.35. The molecule has 0 fully saturated rings. The minimum Gasteiger partial charge on any atom is -0.478 e. The lowest BCUT2D eigenvalue weighted by molar-refractivity contribution is 0.0697. The Hall–Kier alpha value is -1.15. The molecule has 0 amide bonds. The van der Waals surface area contributed by atoms with E-state index in [4.69, 9.17) is 16.7 Å². The van der Waals surface area contributed by atoms with Gasteiger partial charge in [0.05, 0.1) is 15.5 Å². The highest BCUT2D eigenvalue weighted by Crippen LogP contribution is 2.22. The molecule has 0 saturated heterocycles. The fourth-order valence-electron chi connectivity index (χ4n) is 1.40. The number of nitrogens with one attached hydrogen (secondary N) is 1. The Morgan fingerprint density at radius 1 is 1.47 bits per heavy atom. The van der Waals surface area contributed by atoms with Crippen LogP contribution in [0.2, 0.25) is 5.02 Å². The molecular weight excluding hydrogens is 292 g/mol. The van der Waals surface area contributed by atoms with E-state index in [9.17, 15) is 13.2 Å². The molecule has 2 N–H and O–H groups in total. The van der Waals surface area contributed by atoms with Crippen molar-refractivity contribution in [2.75, 3.05) is 27.2 Å².